The van der Waals surface area contributed by atoms with Crippen LogP contribution in [0.2, 0.25) is 0 Å². The number of nitro benzene ring substituents is 1. The van der Waals surface area contributed by atoms with E-state index in [1.165, 1.54) is 30.7 Å². The molecule has 6 nitrogen and oxygen atoms in total. The van der Waals surface area contributed by atoms with Gasteiger partial charge in [-0.3, -0.25) is 15.1 Å². The highest BCUT2D eigenvalue weighted by Gasteiger charge is 2.19. The Bertz CT molecular complexity index is 1200. The van der Waals surface area contributed by atoms with Crippen LogP contribution in [-0.2, 0) is 12.8 Å². The van der Waals surface area contributed by atoms with E-state index in [-0.39, 0.29) is 5.69 Å². The molecule has 5 rings (SSSR count). The third-order valence-corrected chi connectivity index (χ3v) is 5.11. The van der Waals surface area contributed by atoms with Gasteiger partial charge >= 0.3 is 0 Å². The van der Waals surface area contributed by atoms with Gasteiger partial charge in [0.15, 0.2) is 0 Å². The first-order valence-electron chi connectivity index (χ1n) is 8.94. The second-order valence-corrected chi connectivity index (χ2v) is 6.73. The average Bonchev–Trinajstić information content (AvgIpc) is 3.06. The Morgan fingerprint density at radius 2 is 1.93 bits per heavy atom. The van der Waals surface area contributed by atoms with Crippen LogP contribution in [0.15, 0.2) is 53.2 Å². The van der Waals surface area contributed by atoms with E-state index < -0.39 is 4.92 Å². The van der Waals surface area contributed by atoms with Crippen LogP contribution in [0.1, 0.15) is 24.2 Å². The molecule has 0 fully saturated rings. The average molecular weight is 360 g/mol. The van der Waals surface area contributed by atoms with E-state index >= 15 is 0 Å². The van der Waals surface area contributed by atoms with E-state index in [9.17, 15) is 10.1 Å². The molecule has 0 saturated heterocycles. The van der Waals surface area contributed by atoms with Gasteiger partial charge in [-0.15, -0.1) is 0 Å². The lowest BCUT2D eigenvalue weighted by molar-refractivity contribution is -0.383. The molecule has 0 amide bonds. The van der Waals surface area contributed by atoms with Crippen molar-refractivity contribution >= 4 is 27.4 Å². The Morgan fingerprint density at radius 1 is 1.04 bits per heavy atom. The molecule has 0 aliphatic heterocycles. The maximum atomic E-state index is 11.3. The fourth-order valence-corrected chi connectivity index (χ4v) is 3.83. The van der Waals surface area contributed by atoms with Crippen molar-refractivity contribution in [3.63, 3.8) is 0 Å². The monoisotopic (exact) mass is 360 g/mol. The number of aryl methyl sites for hydroxylation is 2. The number of hydrogen-bond acceptors (Lipinski definition) is 5. The summed E-state index contributed by atoms with van der Waals surface area (Å²) in [5.74, 6) is 2.33. The Hall–Kier alpha value is -3.41. The molecule has 0 spiro atoms. The SMILES string of the molecule is O=[N+]([O-])c1ccc(Oc2ccc3oc4c(c3c2)CCCC4)c2ccncc12. The largest absolute Gasteiger partial charge is 0.461 e. The first-order valence-corrected chi connectivity index (χ1v) is 8.94. The molecule has 0 saturated carbocycles. The molecule has 1 aliphatic rings. The van der Waals surface area contributed by atoms with Gasteiger partial charge in [-0.2, -0.15) is 0 Å². The summed E-state index contributed by atoms with van der Waals surface area (Å²) in [6.07, 6.45) is 7.45. The second kappa shape index (κ2) is 6.09. The van der Waals surface area contributed by atoms with E-state index in [4.69, 9.17) is 9.15 Å². The molecule has 0 unspecified atom stereocenters. The number of furan rings is 1. The molecule has 0 radical (unpaired) electrons. The Morgan fingerprint density at radius 3 is 2.81 bits per heavy atom. The standard InChI is InChI=1S/C21H16N2O4/c24-23(25)18-6-8-20(15-9-10-22-12-17(15)18)26-13-5-7-21-16(11-13)14-3-1-2-4-19(14)27-21/h5-12H,1-4H2. The van der Waals surface area contributed by atoms with Gasteiger partial charge in [0.1, 0.15) is 22.8 Å². The molecule has 27 heavy (non-hydrogen) atoms. The van der Waals surface area contributed by atoms with E-state index in [2.05, 4.69) is 4.98 Å². The number of nitrogens with zero attached hydrogens (tertiary/aromatic N) is 2. The van der Waals surface area contributed by atoms with Gasteiger partial charge in [0, 0.05) is 41.2 Å². The summed E-state index contributed by atoms with van der Waals surface area (Å²) < 4.78 is 12.1. The van der Waals surface area contributed by atoms with Crippen molar-refractivity contribution in [3.05, 3.63) is 70.2 Å². The molecule has 2 aromatic carbocycles. The summed E-state index contributed by atoms with van der Waals surface area (Å²) in [5, 5.41) is 13.5. The number of fused-ring (bicyclic) bond motifs is 4. The molecule has 2 heterocycles. The third-order valence-electron chi connectivity index (χ3n) is 5.11. The number of aromatic nitrogens is 1. The van der Waals surface area contributed by atoms with Crippen LogP contribution < -0.4 is 4.74 Å². The third kappa shape index (κ3) is 2.61. The van der Waals surface area contributed by atoms with Crippen molar-refractivity contribution in [3.8, 4) is 11.5 Å². The molecule has 2 aromatic heterocycles. The van der Waals surface area contributed by atoms with E-state index in [1.54, 1.807) is 18.3 Å². The van der Waals surface area contributed by atoms with Gasteiger partial charge in [0.05, 0.1) is 10.3 Å². The molecule has 0 atom stereocenters. The van der Waals surface area contributed by atoms with Gasteiger partial charge in [-0.25, -0.2) is 0 Å². The summed E-state index contributed by atoms with van der Waals surface area (Å²) >= 11 is 0. The quantitative estimate of drug-likeness (QED) is 0.353. The summed E-state index contributed by atoms with van der Waals surface area (Å²) in [6, 6.07) is 10.6. The molecule has 6 heteroatoms. The lowest BCUT2D eigenvalue weighted by Gasteiger charge is -2.10. The highest BCUT2D eigenvalue weighted by molar-refractivity contribution is 5.95. The van der Waals surface area contributed by atoms with Gasteiger partial charge in [-0.1, -0.05) is 0 Å². The second-order valence-electron chi connectivity index (χ2n) is 6.73. The first kappa shape index (κ1) is 15.8. The predicted octanol–water partition coefficient (Wildman–Crippen LogP) is 5.56. The summed E-state index contributed by atoms with van der Waals surface area (Å²) in [4.78, 5) is 14.9. The van der Waals surface area contributed by atoms with Crippen LogP contribution in [0.3, 0.4) is 0 Å². The number of pyridine rings is 1. The van der Waals surface area contributed by atoms with Crippen molar-refractivity contribution in [2.45, 2.75) is 25.7 Å². The lowest BCUT2D eigenvalue weighted by Crippen LogP contribution is -1.98. The van der Waals surface area contributed by atoms with Gasteiger partial charge < -0.3 is 9.15 Å². The molecule has 1 aliphatic carbocycles. The summed E-state index contributed by atoms with van der Waals surface area (Å²) in [7, 11) is 0. The van der Waals surface area contributed by atoms with Gasteiger partial charge in [0.25, 0.3) is 5.69 Å². The number of hydrogen-bond donors (Lipinski definition) is 0. The molecule has 0 N–H and O–H groups in total. The maximum Gasteiger partial charge on any atom is 0.279 e. The molecular formula is C21H16N2O4. The van der Waals surface area contributed by atoms with Crippen LogP contribution in [0.4, 0.5) is 5.69 Å². The highest BCUT2D eigenvalue weighted by atomic mass is 16.6. The minimum Gasteiger partial charge on any atom is -0.461 e. The minimum absolute atomic E-state index is 0.0183. The first-order chi connectivity index (χ1) is 13.2. The van der Waals surface area contributed by atoms with Crippen molar-refractivity contribution in [2.75, 3.05) is 0 Å². The fourth-order valence-electron chi connectivity index (χ4n) is 3.83. The molecule has 0 bridgehead atoms. The molecular weight excluding hydrogens is 344 g/mol. The van der Waals surface area contributed by atoms with E-state index in [0.29, 0.717) is 22.3 Å². The zero-order valence-corrected chi connectivity index (χ0v) is 14.5. The van der Waals surface area contributed by atoms with Crippen LogP contribution in [-0.4, -0.2) is 9.91 Å². The van der Waals surface area contributed by atoms with Crippen LogP contribution in [0.25, 0.3) is 21.7 Å². The Balaban J connectivity index is 1.59. The van der Waals surface area contributed by atoms with E-state index in [0.717, 1.165) is 29.6 Å². The Labute approximate surface area is 154 Å². The van der Waals surface area contributed by atoms with Crippen LogP contribution >= 0.6 is 0 Å². The van der Waals surface area contributed by atoms with Crippen molar-refractivity contribution in [1.82, 2.24) is 4.98 Å². The van der Waals surface area contributed by atoms with Gasteiger partial charge in [0.2, 0.25) is 0 Å². The van der Waals surface area contributed by atoms with Crippen molar-refractivity contribution < 1.29 is 14.1 Å². The molecule has 134 valence electrons. The normalized spacial score (nSPS) is 13.6. The number of ether oxygens (including phenoxy) is 1. The summed E-state index contributed by atoms with van der Waals surface area (Å²) in [5.41, 5.74) is 2.18. The predicted molar refractivity (Wildman–Crippen MR) is 101 cm³/mol. The zero-order valence-electron chi connectivity index (χ0n) is 14.5. The van der Waals surface area contributed by atoms with Gasteiger partial charge in [-0.05, 0) is 49.6 Å². The summed E-state index contributed by atoms with van der Waals surface area (Å²) in [6.45, 7) is 0. The number of nitro groups is 1. The number of non-ortho nitro benzene ring substituents is 1. The van der Waals surface area contributed by atoms with Crippen molar-refractivity contribution in [2.24, 2.45) is 0 Å². The highest BCUT2D eigenvalue weighted by Crippen LogP contribution is 2.38. The Kier molecular flexibility index (Phi) is 3.57. The van der Waals surface area contributed by atoms with Crippen molar-refractivity contribution in [1.29, 1.82) is 0 Å². The minimum atomic E-state index is -0.405. The lowest BCUT2D eigenvalue weighted by atomic mass is 9.96. The smallest absolute Gasteiger partial charge is 0.279 e. The topological polar surface area (TPSA) is 78.4 Å². The van der Waals surface area contributed by atoms with Crippen LogP contribution in [0.5, 0.6) is 11.5 Å². The molecule has 4 aromatic rings. The number of benzene rings is 2. The fraction of sp³-hybridized carbons (Fsp3) is 0.190. The van der Waals surface area contributed by atoms with Crippen LogP contribution in [0, 0.1) is 10.1 Å². The van der Waals surface area contributed by atoms with E-state index in [1.807, 2.05) is 18.2 Å². The number of rotatable bonds is 3. The zero-order chi connectivity index (χ0) is 18.4. The maximum absolute atomic E-state index is 11.3.